The van der Waals surface area contributed by atoms with E-state index in [1.54, 1.807) is 0 Å². The number of rotatable bonds is 3. The molecule has 0 aliphatic rings. The molecule has 0 radical (unpaired) electrons. The van der Waals surface area contributed by atoms with Gasteiger partial charge in [-0.2, -0.15) is 0 Å². The quantitative estimate of drug-likeness (QED) is 0.862. The van der Waals surface area contributed by atoms with Gasteiger partial charge in [-0.15, -0.1) is 0 Å². The summed E-state index contributed by atoms with van der Waals surface area (Å²) in [5.41, 5.74) is 9.39. The Bertz CT molecular complexity index is 674. The van der Waals surface area contributed by atoms with Gasteiger partial charge < -0.3 is 10.5 Å². The van der Waals surface area contributed by atoms with E-state index in [1.807, 2.05) is 76.2 Å². The number of nitrogens with two attached hydrogens (primary N) is 1. The summed E-state index contributed by atoms with van der Waals surface area (Å²) in [5.74, 6) is 0. The van der Waals surface area contributed by atoms with Crippen molar-refractivity contribution in [3.05, 3.63) is 54.1 Å². The highest BCUT2D eigenvalue weighted by molar-refractivity contribution is 5.86. The Labute approximate surface area is 137 Å². The molecule has 0 aliphatic carbocycles. The standard InChI is InChI=1S/C19H24N2O2/c1-13(20)17-12-15(21-18(22)23-19(2,3)4)10-11-16(17)14-8-6-5-7-9-14/h5-13H,20H2,1-4H3,(H,21,22). The Morgan fingerprint density at radius 2 is 1.78 bits per heavy atom. The predicted molar refractivity (Wildman–Crippen MR) is 94.3 cm³/mol. The maximum atomic E-state index is 11.9. The molecule has 2 rings (SSSR count). The highest BCUT2D eigenvalue weighted by atomic mass is 16.6. The minimum atomic E-state index is -0.530. The number of benzene rings is 2. The number of carbonyl (C=O) groups excluding carboxylic acids is 1. The lowest BCUT2D eigenvalue weighted by Gasteiger charge is -2.20. The minimum Gasteiger partial charge on any atom is -0.444 e. The smallest absolute Gasteiger partial charge is 0.412 e. The fourth-order valence-electron chi connectivity index (χ4n) is 2.32. The summed E-state index contributed by atoms with van der Waals surface area (Å²) < 4.78 is 5.28. The first-order valence-corrected chi connectivity index (χ1v) is 7.71. The van der Waals surface area contributed by atoms with E-state index in [0.717, 1.165) is 16.7 Å². The first-order chi connectivity index (χ1) is 10.8. The summed E-state index contributed by atoms with van der Waals surface area (Å²) in [5, 5.41) is 2.76. The molecule has 0 bridgehead atoms. The van der Waals surface area contributed by atoms with E-state index >= 15 is 0 Å². The van der Waals surface area contributed by atoms with E-state index < -0.39 is 11.7 Å². The van der Waals surface area contributed by atoms with Crippen molar-refractivity contribution in [1.29, 1.82) is 0 Å². The molecule has 1 atom stereocenters. The number of ether oxygens (including phenoxy) is 1. The zero-order valence-corrected chi connectivity index (χ0v) is 14.1. The molecule has 122 valence electrons. The van der Waals surface area contributed by atoms with Crippen LogP contribution in [0.25, 0.3) is 11.1 Å². The van der Waals surface area contributed by atoms with Gasteiger partial charge in [0.1, 0.15) is 5.60 Å². The maximum absolute atomic E-state index is 11.9. The third kappa shape index (κ3) is 4.83. The van der Waals surface area contributed by atoms with Gasteiger partial charge in [-0.05, 0) is 56.5 Å². The van der Waals surface area contributed by atoms with E-state index in [-0.39, 0.29) is 6.04 Å². The Hall–Kier alpha value is -2.33. The van der Waals surface area contributed by atoms with Gasteiger partial charge in [-0.3, -0.25) is 5.32 Å². The molecule has 0 saturated heterocycles. The monoisotopic (exact) mass is 312 g/mol. The van der Waals surface area contributed by atoms with Crippen LogP contribution in [0.15, 0.2) is 48.5 Å². The number of hydrogen-bond acceptors (Lipinski definition) is 3. The molecule has 0 aromatic heterocycles. The Morgan fingerprint density at radius 3 is 2.35 bits per heavy atom. The van der Waals surface area contributed by atoms with E-state index in [0.29, 0.717) is 5.69 Å². The van der Waals surface area contributed by atoms with Crippen molar-refractivity contribution in [1.82, 2.24) is 0 Å². The average molecular weight is 312 g/mol. The SMILES string of the molecule is CC(N)c1cc(NC(=O)OC(C)(C)C)ccc1-c1ccccc1. The fraction of sp³-hybridized carbons (Fsp3) is 0.316. The second kappa shape index (κ2) is 6.84. The van der Waals surface area contributed by atoms with Crippen molar-refractivity contribution in [2.75, 3.05) is 5.32 Å². The molecule has 0 spiro atoms. The van der Waals surface area contributed by atoms with Gasteiger partial charge in [0.05, 0.1) is 0 Å². The molecular weight excluding hydrogens is 288 g/mol. The van der Waals surface area contributed by atoms with Crippen LogP contribution in [0.5, 0.6) is 0 Å². The molecule has 4 nitrogen and oxygen atoms in total. The van der Waals surface area contributed by atoms with Crippen LogP contribution >= 0.6 is 0 Å². The Morgan fingerprint density at radius 1 is 1.13 bits per heavy atom. The van der Waals surface area contributed by atoms with Crippen LogP contribution in [-0.4, -0.2) is 11.7 Å². The zero-order valence-electron chi connectivity index (χ0n) is 14.1. The minimum absolute atomic E-state index is 0.148. The molecule has 1 amide bonds. The van der Waals surface area contributed by atoms with E-state index in [2.05, 4.69) is 5.32 Å². The van der Waals surface area contributed by atoms with Gasteiger partial charge in [0.2, 0.25) is 0 Å². The lowest BCUT2D eigenvalue weighted by molar-refractivity contribution is 0.0636. The van der Waals surface area contributed by atoms with Crippen LogP contribution in [-0.2, 0) is 4.74 Å². The maximum Gasteiger partial charge on any atom is 0.412 e. The van der Waals surface area contributed by atoms with Crippen LogP contribution in [0.2, 0.25) is 0 Å². The molecular formula is C19H24N2O2. The highest BCUT2D eigenvalue weighted by Crippen LogP contribution is 2.30. The highest BCUT2D eigenvalue weighted by Gasteiger charge is 2.17. The molecule has 0 aliphatic heterocycles. The van der Waals surface area contributed by atoms with Gasteiger partial charge in [0.25, 0.3) is 0 Å². The van der Waals surface area contributed by atoms with Crippen molar-refractivity contribution in [3.63, 3.8) is 0 Å². The molecule has 1 unspecified atom stereocenters. The summed E-state index contributed by atoms with van der Waals surface area (Å²) in [6.07, 6.45) is -0.472. The summed E-state index contributed by atoms with van der Waals surface area (Å²) in [6.45, 7) is 7.43. The zero-order chi connectivity index (χ0) is 17.0. The number of hydrogen-bond donors (Lipinski definition) is 2. The second-order valence-corrected chi connectivity index (χ2v) is 6.58. The summed E-state index contributed by atoms with van der Waals surface area (Å²) >= 11 is 0. The van der Waals surface area contributed by atoms with Crippen LogP contribution in [0.1, 0.15) is 39.3 Å². The molecule has 2 aromatic rings. The average Bonchev–Trinajstić information content (AvgIpc) is 2.46. The van der Waals surface area contributed by atoms with Crippen molar-refractivity contribution in [3.8, 4) is 11.1 Å². The number of carbonyl (C=O) groups is 1. The van der Waals surface area contributed by atoms with Crippen molar-refractivity contribution >= 4 is 11.8 Å². The molecule has 0 fully saturated rings. The van der Waals surface area contributed by atoms with Gasteiger partial charge in [-0.25, -0.2) is 4.79 Å². The Kier molecular flexibility index (Phi) is 5.06. The molecule has 3 N–H and O–H groups in total. The number of nitrogens with one attached hydrogen (secondary N) is 1. The first kappa shape index (κ1) is 17.0. The van der Waals surface area contributed by atoms with Gasteiger partial charge in [0, 0.05) is 11.7 Å². The van der Waals surface area contributed by atoms with E-state index in [4.69, 9.17) is 10.5 Å². The molecule has 0 saturated carbocycles. The normalized spacial score (nSPS) is 12.6. The van der Waals surface area contributed by atoms with Crippen LogP contribution in [0.4, 0.5) is 10.5 Å². The van der Waals surface area contributed by atoms with E-state index in [9.17, 15) is 4.79 Å². The summed E-state index contributed by atoms with van der Waals surface area (Å²) in [6, 6.07) is 15.6. The predicted octanol–water partition coefficient (Wildman–Crippen LogP) is 4.72. The lowest BCUT2D eigenvalue weighted by atomic mass is 9.95. The van der Waals surface area contributed by atoms with Gasteiger partial charge >= 0.3 is 6.09 Å². The van der Waals surface area contributed by atoms with Gasteiger partial charge in [0.15, 0.2) is 0 Å². The van der Waals surface area contributed by atoms with Gasteiger partial charge in [-0.1, -0.05) is 36.4 Å². The molecule has 4 heteroatoms. The van der Waals surface area contributed by atoms with Crippen LogP contribution in [0.3, 0.4) is 0 Å². The third-order valence-corrected chi connectivity index (χ3v) is 3.27. The Balaban J connectivity index is 2.28. The van der Waals surface area contributed by atoms with Crippen molar-refractivity contribution < 1.29 is 9.53 Å². The second-order valence-electron chi connectivity index (χ2n) is 6.58. The van der Waals surface area contributed by atoms with Crippen LogP contribution < -0.4 is 11.1 Å². The molecule has 23 heavy (non-hydrogen) atoms. The molecule has 0 heterocycles. The lowest BCUT2D eigenvalue weighted by Crippen LogP contribution is -2.27. The summed E-state index contributed by atoms with van der Waals surface area (Å²) in [7, 11) is 0. The molecule has 2 aromatic carbocycles. The third-order valence-electron chi connectivity index (χ3n) is 3.27. The fourth-order valence-corrected chi connectivity index (χ4v) is 2.32. The van der Waals surface area contributed by atoms with Crippen molar-refractivity contribution in [2.24, 2.45) is 5.73 Å². The first-order valence-electron chi connectivity index (χ1n) is 7.71. The van der Waals surface area contributed by atoms with E-state index in [1.165, 1.54) is 0 Å². The number of anilines is 1. The largest absolute Gasteiger partial charge is 0.444 e. The van der Waals surface area contributed by atoms with Crippen molar-refractivity contribution in [2.45, 2.75) is 39.3 Å². The number of amides is 1. The van der Waals surface area contributed by atoms with Crippen LogP contribution in [0, 0.1) is 0 Å². The summed E-state index contributed by atoms with van der Waals surface area (Å²) in [4.78, 5) is 11.9. The topological polar surface area (TPSA) is 64.3 Å².